The highest BCUT2D eigenvalue weighted by atomic mass is 79.9. The lowest BCUT2D eigenvalue weighted by Gasteiger charge is -2.05. The molecule has 90 valence electrons. The number of benzene rings is 1. The molecule has 0 aliphatic carbocycles. The van der Waals surface area contributed by atoms with Gasteiger partial charge in [-0.2, -0.15) is 0 Å². The van der Waals surface area contributed by atoms with Gasteiger partial charge >= 0.3 is 0 Å². The highest BCUT2D eigenvalue weighted by Gasteiger charge is 2.04. The van der Waals surface area contributed by atoms with Gasteiger partial charge in [-0.3, -0.25) is 4.98 Å². The Labute approximate surface area is 118 Å². The third-order valence-electron chi connectivity index (χ3n) is 2.88. The van der Waals surface area contributed by atoms with Crippen molar-refractivity contribution in [2.45, 2.75) is 6.54 Å². The molecule has 0 N–H and O–H groups in total. The molecule has 0 bridgehead atoms. The maximum Gasteiger partial charge on any atom is 0.0648 e. The van der Waals surface area contributed by atoms with Crippen LogP contribution in [0.25, 0.3) is 10.9 Å². The SMILES string of the molecule is Clc1cccc2c1ccn2Cc1ccc(Br)cn1. The van der Waals surface area contributed by atoms with E-state index in [-0.39, 0.29) is 0 Å². The predicted molar refractivity (Wildman–Crippen MR) is 78.0 cm³/mol. The second-order valence-corrected chi connectivity index (χ2v) is 5.41. The maximum absolute atomic E-state index is 6.16. The van der Waals surface area contributed by atoms with Crippen molar-refractivity contribution in [1.29, 1.82) is 0 Å². The van der Waals surface area contributed by atoms with E-state index in [2.05, 4.69) is 31.5 Å². The van der Waals surface area contributed by atoms with E-state index in [1.165, 1.54) is 0 Å². The Morgan fingerprint density at radius 1 is 1.17 bits per heavy atom. The summed E-state index contributed by atoms with van der Waals surface area (Å²) in [6, 6.07) is 12.0. The fourth-order valence-corrected chi connectivity index (χ4v) is 2.47. The molecule has 0 spiro atoms. The van der Waals surface area contributed by atoms with Crippen LogP contribution in [0.4, 0.5) is 0 Å². The molecule has 0 saturated carbocycles. The van der Waals surface area contributed by atoms with Gasteiger partial charge in [0.05, 0.1) is 12.2 Å². The van der Waals surface area contributed by atoms with Gasteiger partial charge in [-0.25, -0.2) is 0 Å². The summed E-state index contributed by atoms with van der Waals surface area (Å²) in [5.41, 5.74) is 2.16. The van der Waals surface area contributed by atoms with Crippen molar-refractivity contribution in [2.75, 3.05) is 0 Å². The lowest BCUT2D eigenvalue weighted by atomic mass is 10.2. The third-order valence-corrected chi connectivity index (χ3v) is 3.68. The van der Waals surface area contributed by atoms with Crippen molar-refractivity contribution >= 4 is 38.4 Å². The van der Waals surface area contributed by atoms with Crippen LogP contribution in [0.5, 0.6) is 0 Å². The summed E-state index contributed by atoms with van der Waals surface area (Å²) in [4.78, 5) is 4.38. The minimum Gasteiger partial charge on any atom is -0.341 e. The van der Waals surface area contributed by atoms with Crippen LogP contribution in [0.3, 0.4) is 0 Å². The molecule has 0 unspecified atom stereocenters. The van der Waals surface area contributed by atoms with Crippen molar-refractivity contribution < 1.29 is 0 Å². The molecule has 0 radical (unpaired) electrons. The molecule has 2 heterocycles. The smallest absolute Gasteiger partial charge is 0.0648 e. The Kier molecular flexibility index (Phi) is 3.10. The normalized spacial score (nSPS) is 11.0. The maximum atomic E-state index is 6.16. The van der Waals surface area contributed by atoms with Gasteiger partial charge in [-0.05, 0) is 46.3 Å². The fourth-order valence-electron chi connectivity index (χ4n) is 2.00. The summed E-state index contributed by atoms with van der Waals surface area (Å²) >= 11 is 9.54. The molecule has 3 rings (SSSR count). The Morgan fingerprint density at radius 2 is 2.06 bits per heavy atom. The van der Waals surface area contributed by atoms with Crippen LogP contribution in [0, 0.1) is 0 Å². The molecule has 0 atom stereocenters. The second kappa shape index (κ2) is 4.75. The molecule has 4 heteroatoms. The zero-order valence-corrected chi connectivity index (χ0v) is 11.8. The highest BCUT2D eigenvalue weighted by Crippen LogP contribution is 2.24. The van der Waals surface area contributed by atoms with Crippen LogP contribution in [0.2, 0.25) is 5.02 Å². The predicted octanol–water partition coefficient (Wildman–Crippen LogP) is 4.50. The summed E-state index contributed by atoms with van der Waals surface area (Å²) in [6.07, 6.45) is 3.86. The summed E-state index contributed by atoms with van der Waals surface area (Å²) in [7, 11) is 0. The Bertz CT molecular complexity index is 689. The molecule has 3 aromatic rings. The van der Waals surface area contributed by atoms with Gasteiger partial charge in [0.1, 0.15) is 0 Å². The van der Waals surface area contributed by atoms with E-state index >= 15 is 0 Å². The molecule has 18 heavy (non-hydrogen) atoms. The standard InChI is InChI=1S/C14H10BrClN2/c15-10-4-5-11(17-8-10)9-18-7-6-12-13(16)2-1-3-14(12)18/h1-8H,9H2. The molecule has 0 amide bonds. The molecule has 2 nitrogen and oxygen atoms in total. The van der Waals surface area contributed by atoms with Gasteiger partial charge in [-0.15, -0.1) is 0 Å². The minimum atomic E-state index is 0.747. The first-order valence-electron chi connectivity index (χ1n) is 5.58. The van der Waals surface area contributed by atoms with Gasteiger partial charge in [0, 0.05) is 32.8 Å². The van der Waals surface area contributed by atoms with Crippen molar-refractivity contribution in [3.05, 3.63) is 64.0 Å². The molecular formula is C14H10BrClN2. The summed E-state index contributed by atoms with van der Waals surface area (Å²) in [5, 5.41) is 1.87. The average Bonchev–Trinajstić information content (AvgIpc) is 2.77. The van der Waals surface area contributed by atoms with Crippen LogP contribution < -0.4 is 0 Å². The number of aromatic nitrogens is 2. The van der Waals surface area contributed by atoms with E-state index in [4.69, 9.17) is 11.6 Å². The van der Waals surface area contributed by atoms with E-state index in [1.54, 1.807) is 0 Å². The van der Waals surface area contributed by atoms with Crippen molar-refractivity contribution in [1.82, 2.24) is 9.55 Å². The third kappa shape index (κ3) is 2.16. The molecule has 0 fully saturated rings. The quantitative estimate of drug-likeness (QED) is 0.679. The lowest BCUT2D eigenvalue weighted by molar-refractivity contribution is 0.807. The highest BCUT2D eigenvalue weighted by molar-refractivity contribution is 9.10. The summed E-state index contributed by atoms with van der Waals surface area (Å²) in [6.45, 7) is 0.747. The summed E-state index contributed by atoms with van der Waals surface area (Å²) < 4.78 is 3.14. The van der Waals surface area contributed by atoms with Gasteiger partial charge in [0.25, 0.3) is 0 Å². The zero-order valence-electron chi connectivity index (χ0n) is 9.48. The first kappa shape index (κ1) is 11.8. The number of hydrogen-bond donors (Lipinski definition) is 0. The van der Waals surface area contributed by atoms with Gasteiger partial charge in [0.15, 0.2) is 0 Å². The number of halogens is 2. The molecule has 2 aromatic heterocycles. The minimum absolute atomic E-state index is 0.747. The monoisotopic (exact) mass is 320 g/mol. The number of fused-ring (bicyclic) bond motifs is 1. The first-order valence-corrected chi connectivity index (χ1v) is 6.75. The van der Waals surface area contributed by atoms with Crippen molar-refractivity contribution in [3.8, 4) is 0 Å². The Morgan fingerprint density at radius 3 is 2.83 bits per heavy atom. The van der Waals surface area contributed by atoms with Gasteiger partial charge < -0.3 is 4.57 Å². The zero-order chi connectivity index (χ0) is 12.5. The van der Waals surface area contributed by atoms with Crippen molar-refractivity contribution in [2.24, 2.45) is 0 Å². The number of nitrogens with zero attached hydrogens (tertiary/aromatic N) is 2. The number of pyridine rings is 1. The van der Waals surface area contributed by atoms with Crippen LogP contribution in [0.15, 0.2) is 53.3 Å². The number of rotatable bonds is 2. The lowest BCUT2D eigenvalue weighted by Crippen LogP contribution is -1.99. The van der Waals surface area contributed by atoms with Crippen LogP contribution >= 0.6 is 27.5 Å². The first-order chi connectivity index (χ1) is 8.74. The molecule has 1 aromatic carbocycles. The topological polar surface area (TPSA) is 17.8 Å². The van der Waals surface area contributed by atoms with Crippen LogP contribution in [0.1, 0.15) is 5.69 Å². The number of hydrogen-bond acceptors (Lipinski definition) is 1. The van der Waals surface area contributed by atoms with Crippen molar-refractivity contribution in [3.63, 3.8) is 0 Å². The van der Waals surface area contributed by atoms with Crippen LogP contribution in [-0.2, 0) is 6.54 Å². The molecular weight excluding hydrogens is 312 g/mol. The van der Waals surface area contributed by atoms with E-state index in [1.807, 2.05) is 42.7 Å². The average molecular weight is 322 g/mol. The van der Waals surface area contributed by atoms with E-state index in [0.29, 0.717) is 0 Å². The van der Waals surface area contributed by atoms with Gasteiger partial charge in [-0.1, -0.05) is 17.7 Å². The largest absolute Gasteiger partial charge is 0.341 e. The van der Waals surface area contributed by atoms with E-state index in [0.717, 1.165) is 32.6 Å². The van der Waals surface area contributed by atoms with E-state index in [9.17, 15) is 0 Å². The molecule has 0 saturated heterocycles. The fraction of sp³-hybridized carbons (Fsp3) is 0.0714. The Balaban J connectivity index is 2.00. The van der Waals surface area contributed by atoms with Gasteiger partial charge in [0.2, 0.25) is 0 Å². The molecule has 0 aliphatic rings. The second-order valence-electron chi connectivity index (χ2n) is 4.08. The Hall–Kier alpha value is -1.32. The van der Waals surface area contributed by atoms with E-state index < -0.39 is 0 Å². The summed E-state index contributed by atoms with van der Waals surface area (Å²) in [5.74, 6) is 0. The van der Waals surface area contributed by atoms with Crippen LogP contribution in [-0.4, -0.2) is 9.55 Å². The molecule has 0 aliphatic heterocycles.